The highest BCUT2D eigenvalue weighted by Crippen LogP contribution is 2.27. The molecule has 0 saturated carbocycles. The molecule has 4 nitrogen and oxygen atoms in total. The normalized spacial score (nSPS) is 19.3. The van der Waals surface area contributed by atoms with E-state index in [0.717, 1.165) is 36.2 Å². The highest BCUT2D eigenvalue weighted by molar-refractivity contribution is 6.17. The zero-order valence-corrected chi connectivity index (χ0v) is 12.3. The minimum Gasteiger partial charge on any atom is -0.354 e. The molecular weight excluding hydrogens is 274 g/mol. The molecule has 2 aromatic rings. The molecule has 1 aromatic carbocycles. The van der Waals surface area contributed by atoms with Crippen LogP contribution in [0.3, 0.4) is 0 Å². The maximum Gasteiger partial charge on any atom is 0.243 e. The average molecular weight is 292 g/mol. The summed E-state index contributed by atoms with van der Waals surface area (Å²) < 4.78 is 2.08. The molecule has 1 aromatic heterocycles. The first-order valence-electron chi connectivity index (χ1n) is 7.02. The molecule has 1 aliphatic rings. The molecule has 1 aliphatic heterocycles. The summed E-state index contributed by atoms with van der Waals surface area (Å²) >= 11 is 5.89. The molecule has 1 atom stereocenters. The molecule has 106 valence electrons. The van der Waals surface area contributed by atoms with E-state index in [-0.39, 0.29) is 11.9 Å². The van der Waals surface area contributed by atoms with Crippen molar-refractivity contribution in [3.63, 3.8) is 0 Å². The number of alkyl halides is 1. The maximum absolute atomic E-state index is 12.2. The van der Waals surface area contributed by atoms with Crippen LogP contribution in [0.2, 0.25) is 0 Å². The zero-order valence-electron chi connectivity index (χ0n) is 11.5. The van der Waals surface area contributed by atoms with Crippen molar-refractivity contribution in [2.75, 3.05) is 12.4 Å². The Bertz CT molecular complexity index is 650. The van der Waals surface area contributed by atoms with Crippen LogP contribution in [-0.4, -0.2) is 27.9 Å². The van der Waals surface area contributed by atoms with Crippen molar-refractivity contribution in [2.45, 2.75) is 32.2 Å². The summed E-state index contributed by atoms with van der Waals surface area (Å²) in [6.45, 7) is 2.82. The van der Waals surface area contributed by atoms with Gasteiger partial charge in [-0.3, -0.25) is 4.79 Å². The van der Waals surface area contributed by atoms with Crippen LogP contribution in [0.5, 0.6) is 0 Å². The Hall–Kier alpha value is -1.55. The van der Waals surface area contributed by atoms with Gasteiger partial charge in [-0.15, -0.1) is 11.6 Å². The third-order valence-corrected chi connectivity index (χ3v) is 3.99. The molecule has 0 bridgehead atoms. The van der Waals surface area contributed by atoms with Crippen LogP contribution in [0.4, 0.5) is 0 Å². The quantitative estimate of drug-likeness (QED) is 0.884. The lowest BCUT2D eigenvalue weighted by molar-refractivity contribution is -0.125. The van der Waals surface area contributed by atoms with Gasteiger partial charge < -0.3 is 9.88 Å². The fourth-order valence-electron chi connectivity index (χ4n) is 2.86. The number of hydrogen-bond acceptors (Lipinski definition) is 2. The summed E-state index contributed by atoms with van der Waals surface area (Å²) in [4.78, 5) is 16.8. The van der Waals surface area contributed by atoms with Crippen molar-refractivity contribution in [2.24, 2.45) is 0 Å². The minimum absolute atomic E-state index is 0.0906. The van der Waals surface area contributed by atoms with Crippen molar-refractivity contribution >= 4 is 28.5 Å². The number of aromatic nitrogens is 2. The standard InChI is InChI=1S/C15H18ClN3O/c1-10-4-5-11-13(9-10)19(14(18-11)6-7-16)12-3-2-8-17-15(12)20/h4-5,9,12H,2-3,6-8H2,1H3,(H,17,20). The Morgan fingerprint density at radius 2 is 2.35 bits per heavy atom. The molecule has 0 aliphatic carbocycles. The molecule has 1 N–H and O–H groups in total. The number of carbonyl (C=O) groups excluding carboxylic acids is 1. The van der Waals surface area contributed by atoms with Crippen LogP contribution in [0.15, 0.2) is 18.2 Å². The molecule has 2 heterocycles. The maximum atomic E-state index is 12.2. The fraction of sp³-hybridized carbons (Fsp3) is 0.467. The van der Waals surface area contributed by atoms with Gasteiger partial charge in [-0.25, -0.2) is 4.98 Å². The Kier molecular flexibility index (Phi) is 3.66. The second kappa shape index (κ2) is 5.44. The second-order valence-corrected chi connectivity index (χ2v) is 5.66. The van der Waals surface area contributed by atoms with Crippen LogP contribution in [0.25, 0.3) is 11.0 Å². The van der Waals surface area contributed by atoms with Gasteiger partial charge in [-0.1, -0.05) is 6.07 Å². The summed E-state index contributed by atoms with van der Waals surface area (Å²) in [5.74, 6) is 1.51. The number of halogens is 1. The van der Waals surface area contributed by atoms with E-state index in [1.807, 2.05) is 12.1 Å². The lowest BCUT2D eigenvalue weighted by atomic mass is 10.1. The van der Waals surface area contributed by atoms with Crippen LogP contribution in [-0.2, 0) is 11.2 Å². The predicted octanol–water partition coefficient (Wildman–Crippen LogP) is 2.58. The van der Waals surface area contributed by atoms with Gasteiger partial charge in [0.15, 0.2) is 0 Å². The van der Waals surface area contributed by atoms with Crippen molar-refractivity contribution in [1.29, 1.82) is 0 Å². The van der Waals surface area contributed by atoms with E-state index in [1.54, 1.807) is 0 Å². The first-order valence-corrected chi connectivity index (χ1v) is 7.55. The number of piperidine rings is 1. The number of fused-ring (bicyclic) bond motifs is 1. The van der Waals surface area contributed by atoms with E-state index in [0.29, 0.717) is 12.3 Å². The highest BCUT2D eigenvalue weighted by atomic mass is 35.5. The number of nitrogens with zero attached hydrogens (tertiary/aromatic N) is 2. The van der Waals surface area contributed by atoms with Gasteiger partial charge in [0.2, 0.25) is 5.91 Å². The van der Waals surface area contributed by atoms with Crippen molar-refractivity contribution < 1.29 is 4.79 Å². The Labute approximate surface area is 123 Å². The molecule has 5 heteroatoms. The van der Waals surface area contributed by atoms with E-state index in [1.165, 1.54) is 5.56 Å². The number of rotatable bonds is 3. The zero-order chi connectivity index (χ0) is 14.1. The van der Waals surface area contributed by atoms with E-state index in [2.05, 4.69) is 27.9 Å². The molecule has 0 spiro atoms. The Morgan fingerprint density at radius 1 is 1.50 bits per heavy atom. The highest BCUT2D eigenvalue weighted by Gasteiger charge is 2.27. The van der Waals surface area contributed by atoms with E-state index in [9.17, 15) is 4.79 Å². The summed E-state index contributed by atoms with van der Waals surface area (Å²) in [6.07, 6.45) is 2.54. The fourth-order valence-corrected chi connectivity index (χ4v) is 3.03. The van der Waals surface area contributed by atoms with Crippen molar-refractivity contribution in [3.8, 4) is 0 Å². The first-order chi connectivity index (χ1) is 9.70. The van der Waals surface area contributed by atoms with Crippen molar-refractivity contribution in [3.05, 3.63) is 29.6 Å². The largest absolute Gasteiger partial charge is 0.354 e. The summed E-state index contributed by atoms with van der Waals surface area (Å²) in [7, 11) is 0. The Morgan fingerprint density at radius 3 is 3.10 bits per heavy atom. The van der Waals surface area contributed by atoms with Gasteiger partial charge in [0.05, 0.1) is 11.0 Å². The molecule has 0 radical (unpaired) electrons. The number of nitrogens with one attached hydrogen (secondary N) is 1. The second-order valence-electron chi connectivity index (χ2n) is 5.28. The number of imidazole rings is 1. The number of amides is 1. The predicted molar refractivity (Wildman–Crippen MR) is 80.2 cm³/mol. The Balaban J connectivity index is 2.16. The summed E-state index contributed by atoms with van der Waals surface area (Å²) in [5, 5.41) is 2.95. The number of aryl methyl sites for hydroxylation is 2. The summed E-state index contributed by atoms with van der Waals surface area (Å²) in [6, 6.07) is 6.00. The third-order valence-electron chi connectivity index (χ3n) is 3.80. The number of carbonyl (C=O) groups is 1. The number of hydrogen-bond donors (Lipinski definition) is 1. The van der Waals surface area contributed by atoms with Crippen LogP contribution < -0.4 is 5.32 Å². The molecule has 1 fully saturated rings. The monoisotopic (exact) mass is 291 g/mol. The van der Waals surface area contributed by atoms with E-state index >= 15 is 0 Å². The van der Waals surface area contributed by atoms with Gasteiger partial charge >= 0.3 is 0 Å². The van der Waals surface area contributed by atoms with Crippen molar-refractivity contribution in [1.82, 2.24) is 14.9 Å². The molecule has 1 amide bonds. The van der Waals surface area contributed by atoms with Gasteiger partial charge in [0, 0.05) is 18.8 Å². The van der Waals surface area contributed by atoms with Gasteiger partial charge in [0.1, 0.15) is 11.9 Å². The van der Waals surface area contributed by atoms with E-state index < -0.39 is 0 Å². The van der Waals surface area contributed by atoms with Crippen LogP contribution in [0, 0.1) is 6.92 Å². The van der Waals surface area contributed by atoms with Crippen LogP contribution >= 0.6 is 11.6 Å². The molecular formula is C15H18ClN3O. The SMILES string of the molecule is Cc1ccc2nc(CCCl)n(C3CCCNC3=O)c2c1. The van der Waals surface area contributed by atoms with Gasteiger partial charge in [0.25, 0.3) is 0 Å². The minimum atomic E-state index is -0.159. The molecule has 3 rings (SSSR count). The smallest absolute Gasteiger partial charge is 0.243 e. The average Bonchev–Trinajstić information content (AvgIpc) is 2.77. The van der Waals surface area contributed by atoms with Crippen LogP contribution in [0.1, 0.15) is 30.3 Å². The summed E-state index contributed by atoms with van der Waals surface area (Å²) in [5.41, 5.74) is 3.15. The van der Waals surface area contributed by atoms with E-state index in [4.69, 9.17) is 11.6 Å². The lowest BCUT2D eigenvalue weighted by Crippen LogP contribution is -2.38. The van der Waals surface area contributed by atoms with Gasteiger partial charge in [-0.2, -0.15) is 0 Å². The molecule has 20 heavy (non-hydrogen) atoms. The lowest BCUT2D eigenvalue weighted by Gasteiger charge is -2.25. The first kappa shape index (κ1) is 13.4. The number of benzene rings is 1. The topological polar surface area (TPSA) is 46.9 Å². The molecule has 1 unspecified atom stereocenters. The molecule has 1 saturated heterocycles. The van der Waals surface area contributed by atoms with Gasteiger partial charge in [-0.05, 0) is 37.5 Å². The third kappa shape index (κ3) is 2.29.